The van der Waals surface area contributed by atoms with E-state index in [1.165, 1.54) is 24.3 Å². The highest BCUT2D eigenvalue weighted by atomic mass is 32.2. The van der Waals surface area contributed by atoms with Crippen molar-refractivity contribution in [1.82, 2.24) is 4.72 Å². The molecule has 0 aliphatic heterocycles. The van der Waals surface area contributed by atoms with Gasteiger partial charge in [0, 0.05) is 18.2 Å². The number of nitro benzene ring substituents is 1. The molecule has 112 valence electrons. The Hall–Kier alpha value is -1.47. The highest BCUT2D eigenvalue weighted by molar-refractivity contribution is 7.89. The molecule has 0 saturated heterocycles. The third-order valence-electron chi connectivity index (χ3n) is 2.95. The molecule has 1 unspecified atom stereocenters. The van der Waals surface area contributed by atoms with E-state index in [1.54, 1.807) is 0 Å². The van der Waals surface area contributed by atoms with Crippen LogP contribution in [-0.2, 0) is 10.0 Å². The number of nitro groups is 1. The zero-order valence-electron chi connectivity index (χ0n) is 11.7. The van der Waals surface area contributed by atoms with E-state index in [1.807, 2.05) is 6.92 Å². The maximum absolute atomic E-state index is 12.1. The van der Waals surface area contributed by atoms with Crippen LogP contribution < -0.4 is 4.72 Å². The number of unbranched alkanes of at least 4 members (excludes halogenated alkanes) is 2. The van der Waals surface area contributed by atoms with Gasteiger partial charge in [-0.2, -0.15) is 0 Å². The number of nitrogens with zero attached hydrogens (tertiary/aromatic N) is 1. The van der Waals surface area contributed by atoms with Gasteiger partial charge < -0.3 is 0 Å². The molecule has 1 atom stereocenters. The number of non-ortho nitro benzene ring substituents is 1. The van der Waals surface area contributed by atoms with E-state index in [0.29, 0.717) is 0 Å². The summed E-state index contributed by atoms with van der Waals surface area (Å²) < 4.78 is 26.7. The molecule has 1 rings (SSSR count). The molecule has 0 spiro atoms. The summed E-state index contributed by atoms with van der Waals surface area (Å²) in [5, 5.41) is 10.5. The summed E-state index contributed by atoms with van der Waals surface area (Å²) in [6.07, 6.45) is 3.91. The van der Waals surface area contributed by atoms with E-state index < -0.39 is 14.9 Å². The minimum absolute atomic E-state index is 0.0467. The summed E-state index contributed by atoms with van der Waals surface area (Å²) in [6, 6.07) is 4.73. The number of benzene rings is 1. The number of hydrogen-bond donors (Lipinski definition) is 1. The van der Waals surface area contributed by atoms with Crippen LogP contribution in [0.5, 0.6) is 0 Å². The number of sulfonamides is 1. The predicted octanol–water partition coefficient (Wildman–Crippen LogP) is 2.84. The number of hydrogen-bond acceptors (Lipinski definition) is 4. The molecule has 20 heavy (non-hydrogen) atoms. The van der Waals surface area contributed by atoms with Gasteiger partial charge in [-0.15, -0.1) is 0 Å². The Balaban J connectivity index is 2.70. The van der Waals surface area contributed by atoms with Crippen molar-refractivity contribution in [3.05, 3.63) is 34.4 Å². The van der Waals surface area contributed by atoms with Crippen molar-refractivity contribution in [3.63, 3.8) is 0 Å². The van der Waals surface area contributed by atoms with Crippen LogP contribution in [-0.4, -0.2) is 19.4 Å². The molecule has 0 saturated carbocycles. The average Bonchev–Trinajstić information content (AvgIpc) is 2.38. The first-order valence-electron chi connectivity index (χ1n) is 6.63. The van der Waals surface area contributed by atoms with Gasteiger partial charge in [0.15, 0.2) is 0 Å². The number of nitrogens with one attached hydrogen (secondary N) is 1. The van der Waals surface area contributed by atoms with Crippen molar-refractivity contribution in [2.45, 2.75) is 50.5 Å². The van der Waals surface area contributed by atoms with Gasteiger partial charge in [-0.05, 0) is 25.5 Å². The molecule has 0 bridgehead atoms. The molecule has 7 heteroatoms. The van der Waals surface area contributed by atoms with E-state index in [-0.39, 0.29) is 16.6 Å². The second-order valence-corrected chi connectivity index (χ2v) is 6.48. The minimum Gasteiger partial charge on any atom is -0.258 e. The lowest BCUT2D eigenvalue weighted by atomic mass is 10.1. The van der Waals surface area contributed by atoms with Crippen LogP contribution in [0, 0.1) is 10.1 Å². The summed E-state index contributed by atoms with van der Waals surface area (Å²) in [5.41, 5.74) is -0.125. The molecule has 0 heterocycles. The standard InChI is InChI=1S/C13H20N2O4S/c1-3-4-5-6-11(2)14-20(18,19)13-9-7-12(8-10-13)15(16)17/h7-11,14H,3-6H2,1-2H3. The lowest BCUT2D eigenvalue weighted by Crippen LogP contribution is -2.32. The fourth-order valence-electron chi connectivity index (χ4n) is 1.84. The first-order chi connectivity index (χ1) is 9.36. The summed E-state index contributed by atoms with van der Waals surface area (Å²) in [6.45, 7) is 3.91. The molecule has 0 aromatic heterocycles. The zero-order chi connectivity index (χ0) is 15.2. The number of rotatable bonds is 8. The van der Waals surface area contributed by atoms with Crippen molar-refractivity contribution in [1.29, 1.82) is 0 Å². The van der Waals surface area contributed by atoms with Crippen LogP contribution in [0.15, 0.2) is 29.2 Å². The van der Waals surface area contributed by atoms with Crippen LogP contribution in [0.3, 0.4) is 0 Å². The van der Waals surface area contributed by atoms with Crippen LogP contribution in [0.2, 0.25) is 0 Å². The third kappa shape index (κ3) is 4.90. The molecule has 0 amide bonds. The molecular formula is C13H20N2O4S. The van der Waals surface area contributed by atoms with E-state index in [9.17, 15) is 18.5 Å². The summed E-state index contributed by atoms with van der Waals surface area (Å²) in [4.78, 5) is 10.0. The Morgan fingerprint density at radius 1 is 1.25 bits per heavy atom. The SMILES string of the molecule is CCCCCC(C)NS(=O)(=O)c1ccc([N+](=O)[O-])cc1. The smallest absolute Gasteiger partial charge is 0.258 e. The molecule has 1 aromatic carbocycles. The highest BCUT2D eigenvalue weighted by Gasteiger charge is 2.18. The van der Waals surface area contributed by atoms with Gasteiger partial charge in [-0.25, -0.2) is 13.1 Å². The molecule has 1 N–H and O–H groups in total. The molecule has 6 nitrogen and oxygen atoms in total. The van der Waals surface area contributed by atoms with Crippen molar-refractivity contribution in [3.8, 4) is 0 Å². The van der Waals surface area contributed by atoms with Crippen molar-refractivity contribution in [2.24, 2.45) is 0 Å². The molecular weight excluding hydrogens is 280 g/mol. The second-order valence-electron chi connectivity index (χ2n) is 4.77. The van der Waals surface area contributed by atoms with Gasteiger partial charge in [0.05, 0.1) is 9.82 Å². The topological polar surface area (TPSA) is 89.3 Å². The minimum atomic E-state index is -3.61. The molecule has 0 aliphatic carbocycles. The Labute approximate surface area is 119 Å². The summed E-state index contributed by atoms with van der Waals surface area (Å²) in [7, 11) is -3.61. The lowest BCUT2D eigenvalue weighted by molar-refractivity contribution is -0.384. The maximum Gasteiger partial charge on any atom is 0.269 e. The summed E-state index contributed by atoms with van der Waals surface area (Å²) in [5.74, 6) is 0. The maximum atomic E-state index is 12.1. The first-order valence-corrected chi connectivity index (χ1v) is 8.12. The van der Waals surface area contributed by atoms with Gasteiger partial charge in [0.25, 0.3) is 5.69 Å². The van der Waals surface area contributed by atoms with E-state index in [2.05, 4.69) is 11.6 Å². The molecule has 0 aliphatic rings. The third-order valence-corrected chi connectivity index (χ3v) is 4.56. The van der Waals surface area contributed by atoms with E-state index in [4.69, 9.17) is 0 Å². The van der Waals surface area contributed by atoms with Crippen LogP contribution >= 0.6 is 0 Å². The van der Waals surface area contributed by atoms with Crippen LogP contribution in [0.1, 0.15) is 39.5 Å². The highest BCUT2D eigenvalue weighted by Crippen LogP contribution is 2.16. The Bertz CT molecular complexity index is 540. The molecule has 1 aromatic rings. The average molecular weight is 300 g/mol. The van der Waals surface area contributed by atoms with E-state index in [0.717, 1.165) is 25.7 Å². The zero-order valence-corrected chi connectivity index (χ0v) is 12.5. The summed E-state index contributed by atoms with van der Waals surface area (Å²) >= 11 is 0. The van der Waals surface area contributed by atoms with Crippen LogP contribution in [0.4, 0.5) is 5.69 Å². The monoisotopic (exact) mass is 300 g/mol. The predicted molar refractivity (Wildman–Crippen MR) is 77.0 cm³/mol. The van der Waals surface area contributed by atoms with Gasteiger partial charge >= 0.3 is 0 Å². The van der Waals surface area contributed by atoms with Gasteiger partial charge in [-0.3, -0.25) is 10.1 Å². The van der Waals surface area contributed by atoms with Crippen molar-refractivity contribution < 1.29 is 13.3 Å². The molecule has 0 radical (unpaired) electrons. The van der Waals surface area contributed by atoms with Crippen LogP contribution in [0.25, 0.3) is 0 Å². The van der Waals surface area contributed by atoms with Gasteiger partial charge in [0.1, 0.15) is 0 Å². The van der Waals surface area contributed by atoms with Gasteiger partial charge in [-0.1, -0.05) is 26.2 Å². The lowest BCUT2D eigenvalue weighted by Gasteiger charge is -2.13. The first kappa shape index (κ1) is 16.6. The Morgan fingerprint density at radius 2 is 1.85 bits per heavy atom. The fourth-order valence-corrected chi connectivity index (χ4v) is 3.12. The van der Waals surface area contributed by atoms with Crippen molar-refractivity contribution >= 4 is 15.7 Å². The Kier molecular flexibility index (Phi) is 6.09. The quantitative estimate of drug-likeness (QED) is 0.454. The van der Waals surface area contributed by atoms with Crippen molar-refractivity contribution in [2.75, 3.05) is 0 Å². The second kappa shape index (κ2) is 7.35. The normalized spacial score (nSPS) is 13.1. The molecule has 0 fully saturated rings. The Morgan fingerprint density at radius 3 is 2.35 bits per heavy atom. The van der Waals surface area contributed by atoms with Gasteiger partial charge in [0.2, 0.25) is 10.0 Å². The fraction of sp³-hybridized carbons (Fsp3) is 0.538. The largest absolute Gasteiger partial charge is 0.269 e. The van der Waals surface area contributed by atoms with E-state index >= 15 is 0 Å².